The zero-order chi connectivity index (χ0) is 9.19. The van der Waals surface area contributed by atoms with Crippen LogP contribution < -0.4 is 0 Å². The smallest absolute Gasteiger partial charge is 0.0933 e. The van der Waals surface area contributed by atoms with Crippen LogP contribution in [0.15, 0.2) is 0 Å². The number of methoxy groups -OCH3 is 1. The van der Waals surface area contributed by atoms with E-state index in [0.29, 0.717) is 0 Å². The van der Waals surface area contributed by atoms with E-state index in [1.54, 1.807) is 0 Å². The molecule has 0 radical (unpaired) electrons. The highest BCUT2D eigenvalue weighted by atomic mass is 16.5. The first-order chi connectivity index (χ1) is 5.62. The number of nitrogens with zero attached hydrogens (tertiary/aromatic N) is 1. The number of rotatable bonds is 4. The van der Waals surface area contributed by atoms with E-state index in [1.165, 1.54) is 12.8 Å². The van der Waals surface area contributed by atoms with Crippen LogP contribution in [0.5, 0.6) is 0 Å². The Hall–Kier alpha value is -0.0800. The molecule has 0 aromatic heterocycles. The third-order valence-electron chi connectivity index (χ3n) is 2.97. The van der Waals surface area contributed by atoms with E-state index < -0.39 is 0 Å². The van der Waals surface area contributed by atoms with Gasteiger partial charge in [-0.2, -0.15) is 0 Å². The van der Waals surface area contributed by atoms with E-state index in [2.05, 4.69) is 25.8 Å². The molecule has 1 fully saturated rings. The second-order valence-corrected chi connectivity index (χ2v) is 4.28. The standard InChI is InChI=1S/C10H21NO/c1-5-9(2)6-10(12-4)7-11(3)8-10/h9H,5-8H2,1-4H3. The minimum atomic E-state index is 0.185. The second kappa shape index (κ2) is 3.75. The Bertz CT molecular complexity index is 141. The van der Waals surface area contributed by atoms with E-state index in [4.69, 9.17) is 4.74 Å². The predicted octanol–water partition coefficient (Wildman–Crippen LogP) is 1.75. The van der Waals surface area contributed by atoms with Crippen molar-refractivity contribution in [3.05, 3.63) is 0 Å². The van der Waals surface area contributed by atoms with Crippen molar-refractivity contribution in [2.75, 3.05) is 27.2 Å². The van der Waals surface area contributed by atoms with Crippen molar-refractivity contribution < 1.29 is 4.74 Å². The number of likely N-dealkylation sites (N-methyl/N-ethyl adjacent to an activating group) is 1. The molecule has 1 unspecified atom stereocenters. The monoisotopic (exact) mass is 171 g/mol. The molecule has 2 nitrogen and oxygen atoms in total. The van der Waals surface area contributed by atoms with E-state index in [1.807, 2.05) is 7.11 Å². The molecule has 0 bridgehead atoms. The van der Waals surface area contributed by atoms with Crippen LogP contribution in [0.3, 0.4) is 0 Å². The molecule has 1 aliphatic heterocycles. The number of likely N-dealkylation sites (tertiary alicyclic amines) is 1. The molecule has 1 aliphatic rings. The highest BCUT2D eigenvalue weighted by Gasteiger charge is 2.41. The molecule has 0 amide bonds. The van der Waals surface area contributed by atoms with Gasteiger partial charge in [-0.25, -0.2) is 0 Å². The Morgan fingerprint density at radius 1 is 1.50 bits per heavy atom. The van der Waals surface area contributed by atoms with Crippen LogP contribution in [0.2, 0.25) is 0 Å². The maximum atomic E-state index is 5.58. The molecule has 1 saturated heterocycles. The molecule has 12 heavy (non-hydrogen) atoms. The molecule has 0 aliphatic carbocycles. The lowest BCUT2D eigenvalue weighted by Crippen LogP contribution is -2.61. The minimum absolute atomic E-state index is 0.185. The predicted molar refractivity (Wildman–Crippen MR) is 51.3 cm³/mol. The summed E-state index contributed by atoms with van der Waals surface area (Å²) < 4.78 is 5.58. The first-order valence-corrected chi connectivity index (χ1v) is 4.85. The topological polar surface area (TPSA) is 12.5 Å². The third kappa shape index (κ3) is 1.99. The van der Waals surface area contributed by atoms with E-state index in [-0.39, 0.29) is 5.60 Å². The lowest BCUT2D eigenvalue weighted by atomic mass is 9.84. The van der Waals surface area contributed by atoms with Crippen LogP contribution in [0.25, 0.3) is 0 Å². The molecule has 0 saturated carbocycles. The van der Waals surface area contributed by atoms with Crippen LogP contribution in [-0.4, -0.2) is 37.7 Å². The normalized spacial score (nSPS) is 25.0. The van der Waals surface area contributed by atoms with Gasteiger partial charge >= 0.3 is 0 Å². The Morgan fingerprint density at radius 2 is 2.08 bits per heavy atom. The molecule has 0 aromatic rings. The van der Waals surface area contributed by atoms with Gasteiger partial charge < -0.3 is 9.64 Å². The number of ether oxygens (including phenoxy) is 1. The zero-order valence-electron chi connectivity index (χ0n) is 8.76. The second-order valence-electron chi connectivity index (χ2n) is 4.28. The molecular formula is C10H21NO. The van der Waals surface area contributed by atoms with Crippen molar-refractivity contribution in [1.82, 2.24) is 4.90 Å². The summed E-state index contributed by atoms with van der Waals surface area (Å²) in [6, 6.07) is 0. The Kier molecular flexibility index (Phi) is 3.13. The summed E-state index contributed by atoms with van der Waals surface area (Å²) in [5.74, 6) is 0.790. The molecule has 0 aromatic carbocycles. The fourth-order valence-corrected chi connectivity index (χ4v) is 2.06. The maximum Gasteiger partial charge on any atom is 0.0933 e. The first-order valence-electron chi connectivity index (χ1n) is 4.85. The van der Waals surface area contributed by atoms with Crippen LogP contribution in [0.4, 0.5) is 0 Å². The van der Waals surface area contributed by atoms with Gasteiger partial charge in [0, 0.05) is 20.2 Å². The molecule has 0 N–H and O–H groups in total. The fraction of sp³-hybridized carbons (Fsp3) is 1.00. The van der Waals surface area contributed by atoms with E-state index >= 15 is 0 Å². The Morgan fingerprint density at radius 3 is 2.42 bits per heavy atom. The summed E-state index contributed by atoms with van der Waals surface area (Å²) in [5, 5.41) is 0. The van der Waals surface area contributed by atoms with Crippen molar-refractivity contribution in [2.24, 2.45) is 5.92 Å². The van der Waals surface area contributed by atoms with Crippen molar-refractivity contribution in [1.29, 1.82) is 0 Å². The zero-order valence-corrected chi connectivity index (χ0v) is 8.76. The maximum absolute atomic E-state index is 5.58. The van der Waals surface area contributed by atoms with Gasteiger partial charge in [-0.1, -0.05) is 20.3 Å². The van der Waals surface area contributed by atoms with Gasteiger partial charge in [-0.15, -0.1) is 0 Å². The lowest BCUT2D eigenvalue weighted by molar-refractivity contribution is -0.126. The summed E-state index contributed by atoms with van der Waals surface area (Å²) in [7, 11) is 3.99. The molecule has 1 heterocycles. The Balaban J connectivity index is 2.36. The van der Waals surface area contributed by atoms with E-state index in [9.17, 15) is 0 Å². The van der Waals surface area contributed by atoms with Crippen LogP contribution in [0, 0.1) is 5.92 Å². The van der Waals surface area contributed by atoms with Crippen LogP contribution >= 0.6 is 0 Å². The largest absolute Gasteiger partial charge is 0.376 e. The molecule has 1 atom stereocenters. The average molecular weight is 171 g/mol. The van der Waals surface area contributed by atoms with E-state index in [0.717, 1.165) is 19.0 Å². The SMILES string of the molecule is CCC(C)CC1(OC)CN(C)C1. The molecule has 2 heteroatoms. The molecule has 1 rings (SSSR count). The fourth-order valence-electron chi connectivity index (χ4n) is 2.06. The van der Waals surface area contributed by atoms with Gasteiger partial charge in [-0.05, 0) is 19.4 Å². The number of hydrogen-bond acceptors (Lipinski definition) is 2. The van der Waals surface area contributed by atoms with Crippen molar-refractivity contribution in [3.63, 3.8) is 0 Å². The summed E-state index contributed by atoms with van der Waals surface area (Å²) in [5.41, 5.74) is 0.185. The first kappa shape index (κ1) is 10.0. The molecule has 72 valence electrons. The summed E-state index contributed by atoms with van der Waals surface area (Å²) in [4.78, 5) is 2.31. The number of hydrogen-bond donors (Lipinski definition) is 0. The average Bonchev–Trinajstić information content (AvgIpc) is 2.01. The van der Waals surface area contributed by atoms with Gasteiger partial charge in [0.15, 0.2) is 0 Å². The molecular weight excluding hydrogens is 150 g/mol. The quantitative estimate of drug-likeness (QED) is 0.639. The minimum Gasteiger partial charge on any atom is -0.376 e. The highest BCUT2D eigenvalue weighted by molar-refractivity contribution is 4.96. The lowest BCUT2D eigenvalue weighted by Gasteiger charge is -2.48. The third-order valence-corrected chi connectivity index (χ3v) is 2.97. The summed E-state index contributed by atoms with van der Waals surface area (Å²) in [6.45, 7) is 6.76. The van der Waals surface area contributed by atoms with Gasteiger partial charge in [-0.3, -0.25) is 0 Å². The van der Waals surface area contributed by atoms with Gasteiger partial charge in [0.2, 0.25) is 0 Å². The van der Waals surface area contributed by atoms with Crippen molar-refractivity contribution >= 4 is 0 Å². The molecule has 0 spiro atoms. The Labute approximate surface area is 75.9 Å². The van der Waals surface area contributed by atoms with Crippen LogP contribution in [-0.2, 0) is 4.74 Å². The van der Waals surface area contributed by atoms with Crippen LogP contribution in [0.1, 0.15) is 26.7 Å². The summed E-state index contributed by atoms with van der Waals surface area (Å²) >= 11 is 0. The van der Waals surface area contributed by atoms with Crippen molar-refractivity contribution in [2.45, 2.75) is 32.3 Å². The van der Waals surface area contributed by atoms with Crippen molar-refractivity contribution in [3.8, 4) is 0 Å². The van der Waals surface area contributed by atoms with Gasteiger partial charge in [0.1, 0.15) is 0 Å². The highest BCUT2D eigenvalue weighted by Crippen LogP contribution is 2.30. The van der Waals surface area contributed by atoms with Gasteiger partial charge in [0.05, 0.1) is 5.60 Å². The summed E-state index contributed by atoms with van der Waals surface area (Å²) in [6.07, 6.45) is 2.47. The van der Waals surface area contributed by atoms with Gasteiger partial charge in [0.25, 0.3) is 0 Å².